The lowest BCUT2D eigenvalue weighted by atomic mass is 9.88. The molecule has 2 aliphatic carbocycles. The molecule has 3 aliphatic rings. The van der Waals surface area contributed by atoms with Crippen molar-refractivity contribution in [1.82, 2.24) is 9.47 Å². The number of hydrogen-bond acceptors (Lipinski definition) is 4. The molecule has 1 aromatic heterocycles. The summed E-state index contributed by atoms with van der Waals surface area (Å²) in [6.45, 7) is 3.32. The number of fused-ring (bicyclic) bond motifs is 3. The van der Waals surface area contributed by atoms with Gasteiger partial charge >= 0.3 is 6.09 Å². The van der Waals surface area contributed by atoms with Gasteiger partial charge in [-0.2, -0.15) is 0 Å². The van der Waals surface area contributed by atoms with E-state index in [4.69, 9.17) is 4.74 Å². The van der Waals surface area contributed by atoms with E-state index in [0.717, 1.165) is 23.9 Å². The molecule has 1 aromatic carbocycles. The van der Waals surface area contributed by atoms with Crippen molar-refractivity contribution in [3.63, 3.8) is 0 Å². The molecule has 1 saturated heterocycles. The Labute approximate surface area is 187 Å². The van der Waals surface area contributed by atoms with Crippen molar-refractivity contribution in [3.05, 3.63) is 40.8 Å². The summed E-state index contributed by atoms with van der Waals surface area (Å²) in [6.07, 6.45) is 7.59. The topological polar surface area (TPSA) is 80.6 Å². The van der Waals surface area contributed by atoms with Crippen LogP contribution in [-0.2, 0) is 9.53 Å². The molecule has 3 atom stereocenters. The second kappa shape index (κ2) is 8.60. The number of carbonyl (C=O) groups is 2. The van der Waals surface area contributed by atoms with Crippen molar-refractivity contribution >= 4 is 28.5 Å². The second-order valence-corrected chi connectivity index (χ2v) is 9.48. The third-order valence-electron chi connectivity index (χ3n) is 7.69. The van der Waals surface area contributed by atoms with Crippen LogP contribution in [0.1, 0.15) is 51.5 Å². The summed E-state index contributed by atoms with van der Waals surface area (Å²) >= 11 is 0. The Kier molecular flexibility index (Phi) is 5.66. The van der Waals surface area contributed by atoms with Gasteiger partial charge in [0.15, 0.2) is 0 Å². The van der Waals surface area contributed by atoms with Crippen LogP contribution in [0.3, 0.4) is 0 Å². The zero-order valence-electron chi connectivity index (χ0n) is 18.6. The highest BCUT2D eigenvalue weighted by Gasteiger charge is 2.43. The molecule has 2 bridgehead atoms. The van der Waals surface area contributed by atoms with Crippen molar-refractivity contribution in [1.29, 1.82) is 0 Å². The first-order valence-corrected chi connectivity index (χ1v) is 11.9. The molecule has 1 aliphatic heterocycles. The van der Waals surface area contributed by atoms with E-state index < -0.39 is 0 Å². The van der Waals surface area contributed by atoms with Crippen molar-refractivity contribution in [3.8, 4) is 0 Å². The number of hydrogen-bond donors (Lipinski definition) is 1. The Morgan fingerprint density at radius 2 is 1.88 bits per heavy atom. The quantitative estimate of drug-likeness (QED) is 0.779. The molecule has 170 valence electrons. The molecule has 0 spiro atoms. The molecule has 32 heavy (non-hydrogen) atoms. The molecule has 2 amide bonds. The van der Waals surface area contributed by atoms with Crippen LogP contribution in [0.15, 0.2) is 35.3 Å². The molecule has 2 saturated carbocycles. The first-order chi connectivity index (χ1) is 15.5. The van der Waals surface area contributed by atoms with Crippen LogP contribution < -0.4 is 10.9 Å². The molecular weight excluding hydrogens is 406 g/mol. The number of piperidine rings is 1. The number of nitrogens with zero attached hydrogens (tertiary/aromatic N) is 2. The number of anilines is 1. The molecule has 2 heterocycles. The van der Waals surface area contributed by atoms with Crippen molar-refractivity contribution < 1.29 is 14.3 Å². The lowest BCUT2D eigenvalue weighted by Gasteiger charge is -2.32. The van der Waals surface area contributed by atoms with E-state index in [1.165, 1.54) is 12.8 Å². The number of benzene rings is 1. The minimum Gasteiger partial charge on any atom is -0.450 e. The predicted octanol–water partition coefficient (Wildman–Crippen LogP) is 4.17. The molecule has 1 N–H and O–H groups in total. The van der Waals surface area contributed by atoms with E-state index in [-0.39, 0.29) is 29.5 Å². The highest BCUT2D eigenvalue weighted by molar-refractivity contribution is 6.02. The average Bonchev–Trinajstić information content (AvgIpc) is 3.44. The number of ether oxygens (including phenoxy) is 1. The van der Waals surface area contributed by atoms with Gasteiger partial charge in [0.05, 0.1) is 6.61 Å². The van der Waals surface area contributed by atoms with Crippen molar-refractivity contribution in [2.75, 3.05) is 25.0 Å². The predicted molar refractivity (Wildman–Crippen MR) is 123 cm³/mol. The zero-order valence-corrected chi connectivity index (χ0v) is 18.6. The molecule has 1 unspecified atom stereocenters. The van der Waals surface area contributed by atoms with Crippen LogP contribution in [-0.4, -0.2) is 41.2 Å². The summed E-state index contributed by atoms with van der Waals surface area (Å²) in [5, 5.41) is 4.53. The molecule has 7 heteroatoms. The molecule has 7 nitrogen and oxygen atoms in total. The normalized spacial score (nSPS) is 25.3. The lowest BCUT2D eigenvalue weighted by Crippen LogP contribution is -2.41. The number of pyridine rings is 1. The van der Waals surface area contributed by atoms with Gasteiger partial charge in [0.1, 0.15) is 0 Å². The molecule has 3 fully saturated rings. The number of carbonyl (C=O) groups excluding carboxylic acids is 2. The highest BCUT2D eigenvalue weighted by Crippen LogP contribution is 2.48. The summed E-state index contributed by atoms with van der Waals surface area (Å²) in [4.78, 5) is 39.9. The van der Waals surface area contributed by atoms with E-state index in [1.807, 2.05) is 30.5 Å². The number of nitrogens with one attached hydrogen (secondary N) is 1. The first kappa shape index (κ1) is 21.0. The minimum atomic E-state index is -0.285. The maximum atomic E-state index is 13.3. The average molecular weight is 438 g/mol. The maximum absolute atomic E-state index is 13.3. The summed E-state index contributed by atoms with van der Waals surface area (Å²) in [5.74, 6) is 1.44. The van der Waals surface area contributed by atoms with Gasteiger partial charge in [-0.05, 0) is 69.1 Å². The first-order valence-electron chi connectivity index (χ1n) is 11.9. The molecular formula is C25H31N3O4. The number of likely N-dealkylation sites (tertiary alicyclic amines) is 1. The van der Waals surface area contributed by atoms with Gasteiger partial charge in [-0.15, -0.1) is 0 Å². The fraction of sp³-hybridized carbons (Fsp3) is 0.560. The standard InChI is InChI=1S/C25H31N3O4/c1-2-32-25(31)27-11-8-18(9-12-27)28-13-10-19-20(24(28)30)4-3-5-22(19)26-23(29)21-15-16-6-7-17(21)14-16/h3-5,10,13,16-18,21H,2,6-9,11-12,14-15H2,1H3,(H,26,29)/t16-,17+,21?/m1/s1. The Hall–Kier alpha value is -2.83. The van der Waals surface area contributed by atoms with Crippen molar-refractivity contribution in [2.45, 2.75) is 51.5 Å². The van der Waals surface area contributed by atoms with E-state index in [2.05, 4.69) is 5.32 Å². The Balaban J connectivity index is 1.33. The third-order valence-corrected chi connectivity index (χ3v) is 7.69. The van der Waals surface area contributed by atoms with Gasteiger partial charge in [-0.1, -0.05) is 12.5 Å². The van der Waals surface area contributed by atoms with E-state index >= 15 is 0 Å². The molecule has 2 aromatic rings. The second-order valence-electron chi connectivity index (χ2n) is 9.48. The lowest BCUT2D eigenvalue weighted by molar-refractivity contribution is -0.121. The largest absolute Gasteiger partial charge is 0.450 e. The van der Waals surface area contributed by atoms with Crippen molar-refractivity contribution in [2.24, 2.45) is 17.8 Å². The minimum absolute atomic E-state index is 0.0462. The summed E-state index contributed by atoms with van der Waals surface area (Å²) in [5.41, 5.74) is 0.671. The van der Waals surface area contributed by atoms with E-state index in [0.29, 0.717) is 49.8 Å². The summed E-state index contributed by atoms with van der Waals surface area (Å²) in [6, 6.07) is 7.54. The van der Waals surface area contributed by atoms with Crippen LogP contribution >= 0.6 is 0 Å². The maximum Gasteiger partial charge on any atom is 0.409 e. The van der Waals surface area contributed by atoms with E-state index in [9.17, 15) is 14.4 Å². The van der Waals surface area contributed by atoms with Crippen LogP contribution in [0, 0.1) is 17.8 Å². The number of aromatic nitrogens is 1. The van der Waals surface area contributed by atoms with Crippen LogP contribution in [0.25, 0.3) is 10.8 Å². The zero-order chi connectivity index (χ0) is 22.2. The van der Waals surface area contributed by atoms with Crippen LogP contribution in [0.4, 0.5) is 10.5 Å². The summed E-state index contributed by atoms with van der Waals surface area (Å²) in [7, 11) is 0. The molecule has 0 radical (unpaired) electrons. The Bertz CT molecular complexity index is 1090. The third kappa shape index (κ3) is 3.78. The monoisotopic (exact) mass is 437 g/mol. The SMILES string of the molecule is CCOC(=O)N1CCC(n2ccc3c(NC(=O)C4C[C@@H]5CC[C@H]4C5)cccc3c2=O)CC1. The number of amides is 2. The number of rotatable bonds is 4. The van der Waals surface area contributed by atoms with Crippen LogP contribution in [0.2, 0.25) is 0 Å². The Morgan fingerprint density at radius 1 is 1.06 bits per heavy atom. The summed E-state index contributed by atoms with van der Waals surface area (Å²) < 4.78 is 6.87. The van der Waals surface area contributed by atoms with Gasteiger partial charge < -0.3 is 19.5 Å². The van der Waals surface area contributed by atoms with Gasteiger partial charge in [0.25, 0.3) is 5.56 Å². The van der Waals surface area contributed by atoms with Gasteiger partial charge in [-0.25, -0.2) is 4.79 Å². The van der Waals surface area contributed by atoms with E-state index in [1.54, 1.807) is 16.4 Å². The molecule has 5 rings (SSSR count). The highest BCUT2D eigenvalue weighted by atomic mass is 16.6. The Morgan fingerprint density at radius 3 is 2.56 bits per heavy atom. The van der Waals surface area contributed by atoms with Gasteiger partial charge in [-0.3, -0.25) is 9.59 Å². The fourth-order valence-corrected chi connectivity index (χ4v) is 6.02. The van der Waals surface area contributed by atoms with Crippen LogP contribution in [0.5, 0.6) is 0 Å². The smallest absolute Gasteiger partial charge is 0.409 e. The van der Waals surface area contributed by atoms with Gasteiger partial charge in [0, 0.05) is 47.7 Å². The fourth-order valence-electron chi connectivity index (χ4n) is 6.02. The van der Waals surface area contributed by atoms with Gasteiger partial charge in [0.2, 0.25) is 5.91 Å².